The number of carbonyl (C=O) groups is 1. The standard InChI is InChI=1S/C23H25N3O3S3/c27-22(26-12-10-25(11-13-26)19-9-14-32(28,29)16-19)18-7-5-17(6-8-18)15-30-23-24-20-3-1-2-4-21(20)31-23/h1-8,19H,9-16H2. The number of para-hydroxylation sites is 1. The molecule has 32 heavy (non-hydrogen) atoms. The fourth-order valence-corrected chi connectivity index (χ4v) is 8.12. The van der Waals surface area contributed by atoms with E-state index < -0.39 is 9.84 Å². The van der Waals surface area contributed by atoms with Gasteiger partial charge in [-0.2, -0.15) is 0 Å². The molecule has 2 aliphatic rings. The van der Waals surface area contributed by atoms with Gasteiger partial charge in [0.2, 0.25) is 0 Å². The summed E-state index contributed by atoms with van der Waals surface area (Å²) in [4.78, 5) is 21.7. The van der Waals surface area contributed by atoms with Crippen molar-refractivity contribution < 1.29 is 13.2 Å². The molecule has 1 atom stereocenters. The van der Waals surface area contributed by atoms with Crippen LogP contribution in [0.4, 0.5) is 0 Å². The lowest BCUT2D eigenvalue weighted by atomic mass is 10.1. The Morgan fingerprint density at radius 3 is 2.50 bits per heavy atom. The Hall–Kier alpha value is -1.94. The first-order chi connectivity index (χ1) is 15.5. The molecule has 9 heteroatoms. The van der Waals surface area contributed by atoms with Crippen molar-refractivity contribution in [3.63, 3.8) is 0 Å². The molecule has 5 rings (SSSR count). The van der Waals surface area contributed by atoms with Gasteiger partial charge >= 0.3 is 0 Å². The summed E-state index contributed by atoms with van der Waals surface area (Å²) in [7, 11) is -2.88. The maximum atomic E-state index is 12.9. The zero-order valence-corrected chi connectivity index (χ0v) is 20.1. The van der Waals surface area contributed by atoms with E-state index in [1.165, 1.54) is 4.70 Å². The number of aromatic nitrogens is 1. The van der Waals surface area contributed by atoms with Gasteiger partial charge in [-0.25, -0.2) is 13.4 Å². The van der Waals surface area contributed by atoms with Gasteiger partial charge < -0.3 is 4.90 Å². The first-order valence-corrected chi connectivity index (χ1v) is 14.4. The summed E-state index contributed by atoms with van der Waals surface area (Å²) in [5.41, 5.74) is 2.91. The van der Waals surface area contributed by atoms with E-state index in [0.29, 0.717) is 30.8 Å². The van der Waals surface area contributed by atoms with Crippen LogP contribution < -0.4 is 0 Å². The second-order valence-corrected chi connectivity index (χ2v) is 12.8. The number of piperazine rings is 1. The molecule has 2 saturated heterocycles. The maximum absolute atomic E-state index is 12.9. The Kier molecular flexibility index (Phi) is 6.24. The SMILES string of the molecule is O=C(c1ccc(CSc2nc3ccccc3s2)cc1)N1CCN(C2CCS(=O)(=O)C2)CC1. The highest BCUT2D eigenvalue weighted by molar-refractivity contribution is 8.00. The molecule has 0 bridgehead atoms. The van der Waals surface area contributed by atoms with Crippen LogP contribution in [0.15, 0.2) is 52.9 Å². The molecule has 0 spiro atoms. The molecule has 1 unspecified atom stereocenters. The Bertz CT molecular complexity index is 1180. The van der Waals surface area contributed by atoms with Gasteiger partial charge in [-0.1, -0.05) is 36.0 Å². The molecule has 0 radical (unpaired) electrons. The summed E-state index contributed by atoms with van der Waals surface area (Å²) < 4.78 is 25.7. The minimum absolute atomic E-state index is 0.0501. The van der Waals surface area contributed by atoms with Crippen LogP contribution in [0, 0.1) is 0 Å². The Morgan fingerprint density at radius 1 is 1.06 bits per heavy atom. The van der Waals surface area contributed by atoms with Crippen molar-refractivity contribution in [1.82, 2.24) is 14.8 Å². The van der Waals surface area contributed by atoms with Crippen molar-refractivity contribution in [2.75, 3.05) is 37.7 Å². The van der Waals surface area contributed by atoms with E-state index in [1.54, 1.807) is 23.1 Å². The summed E-state index contributed by atoms with van der Waals surface area (Å²) in [6, 6.07) is 16.1. The molecule has 2 fully saturated rings. The van der Waals surface area contributed by atoms with Crippen molar-refractivity contribution in [2.45, 2.75) is 22.6 Å². The normalized spacial score (nSPS) is 21.2. The number of amides is 1. The fourth-order valence-electron chi connectivity index (χ4n) is 4.34. The molecule has 6 nitrogen and oxygen atoms in total. The van der Waals surface area contributed by atoms with E-state index in [-0.39, 0.29) is 17.7 Å². The van der Waals surface area contributed by atoms with Gasteiger partial charge in [0.1, 0.15) is 0 Å². The highest BCUT2D eigenvalue weighted by Crippen LogP contribution is 2.31. The van der Waals surface area contributed by atoms with Crippen molar-refractivity contribution in [3.05, 3.63) is 59.7 Å². The van der Waals surface area contributed by atoms with Gasteiger partial charge in [0.15, 0.2) is 14.2 Å². The molecular weight excluding hydrogens is 462 g/mol. The van der Waals surface area contributed by atoms with Crippen molar-refractivity contribution in [3.8, 4) is 0 Å². The van der Waals surface area contributed by atoms with Crippen molar-refractivity contribution in [2.24, 2.45) is 0 Å². The molecular formula is C23H25N3O3S3. The predicted molar refractivity (Wildman–Crippen MR) is 130 cm³/mol. The van der Waals surface area contributed by atoms with Crippen LogP contribution in [0.2, 0.25) is 0 Å². The number of hydrogen-bond acceptors (Lipinski definition) is 7. The van der Waals surface area contributed by atoms with Gasteiger partial charge in [0.25, 0.3) is 5.91 Å². The number of thioether (sulfide) groups is 1. The Morgan fingerprint density at radius 2 is 1.81 bits per heavy atom. The number of sulfone groups is 1. The predicted octanol–water partition coefficient (Wildman–Crippen LogP) is 3.53. The average Bonchev–Trinajstić information content (AvgIpc) is 3.40. The second-order valence-electron chi connectivity index (χ2n) is 8.32. The average molecular weight is 488 g/mol. The Balaban J connectivity index is 1.14. The molecule has 3 aromatic rings. The third-order valence-electron chi connectivity index (χ3n) is 6.16. The maximum Gasteiger partial charge on any atom is 0.253 e. The van der Waals surface area contributed by atoms with Crippen LogP contribution >= 0.6 is 23.1 Å². The number of hydrogen-bond donors (Lipinski definition) is 0. The smallest absolute Gasteiger partial charge is 0.253 e. The quantitative estimate of drug-likeness (QED) is 0.513. The third-order valence-corrected chi connectivity index (χ3v) is 10.2. The van der Waals surface area contributed by atoms with Crippen LogP contribution in [0.5, 0.6) is 0 Å². The van der Waals surface area contributed by atoms with Crippen molar-refractivity contribution >= 4 is 49.1 Å². The molecule has 2 aliphatic heterocycles. The molecule has 3 heterocycles. The van der Waals surface area contributed by atoms with E-state index in [0.717, 1.165) is 34.3 Å². The molecule has 0 saturated carbocycles. The lowest BCUT2D eigenvalue weighted by molar-refractivity contribution is 0.0588. The summed E-state index contributed by atoms with van der Waals surface area (Å²) in [5, 5.41) is 0. The van der Waals surface area contributed by atoms with Crippen molar-refractivity contribution in [1.29, 1.82) is 0 Å². The monoisotopic (exact) mass is 487 g/mol. The van der Waals surface area contributed by atoms with Crippen LogP contribution in [0.1, 0.15) is 22.3 Å². The summed E-state index contributed by atoms with van der Waals surface area (Å²) in [6.07, 6.45) is 0.715. The van der Waals surface area contributed by atoms with Gasteiger partial charge in [0, 0.05) is 43.5 Å². The van der Waals surface area contributed by atoms with Crippen LogP contribution in [0.25, 0.3) is 10.2 Å². The summed E-state index contributed by atoms with van der Waals surface area (Å²) in [6.45, 7) is 2.76. The topological polar surface area (TPSA) is 70.6 Å². The number of nitrogens with zero attached hydrogens (tertiary/aromatic N) is 3. The fraction of sp³-hybridized carbons (Fsp3) is 0.391. The molecule has 1 aromatic heterocycles. The Labute approximate surface area is 196 Å². The zero-order valence-electron chi connectivity index (χ0n) is 17.6. The van der Waals surface area contributed by atoms with Gasteiger partial charge in [-0.15, -0.1) is 11.3 Å². The highest BCUT2D eigenvalue weighted by Gasteiger charge is 2.34. The number of thiazole rings is 1. The number of carbonyl (C=O) groups excluding carboxylic acids is 1. The number of benzene rings is 2. The molecule has 2 aromatic carbocycles. The number of fused-ring (bicyclic) bond motifs is 1. The van der Waals surface area contributed by atoms with E-state index in [9.17, 15) is 13.2 Å². The van der Waals surface area contributed by atoms with E-state index >= 15 is 0 Å². The van der Waals surface area contributed by atoms with Gasteiger partial charge in [-0.05, 0) is 36.2 Å². The highest BCUT2D eigenvalue weighted by atomic mass is 32.2. The summed E-state index contributed by atoms with van der Waals surface area (Å²) in [5.74, 6) is 1.42. The molecule has 168 valence electrons. The lowest BCUT2D eigenvalue weighted by Gasteiger charge is -2.37. The lowest BCUT2D eigenvalue weighted by Crippen LogP contribution is -2.52. The van der Waals surface area contributed by atoms with Gasteiger partial charge in [-0.3, -0.25) is 9.69 Å². The molecule has 1 amide bonds. The van der Waals surface area contributed by atoms with E-state index in [4.69, 9.17) is 0 Å². The molecule has 0 aliphatic carbocycles. The number of rotatable bonds is 5. The molecule has 0 N–H and O–H groups in total. The minimum Gasteiger partial charge on any atom is -0.336 e. The second kappa shape index (κ2) is 9.13. The van der Waals surface area contributed by atoms with Crippen LogP contribution in [-0.4, -0.2) is 72.8 Å². The first-order valence-electron chi connectivity index (χ1n) is 10.8. The van der Waals surface area contributed by atoms with Crippen LogP contribution in [-0.2, 0) is 15.6 Å². The third kappa shape index (κ3) is 4.85. The largest absolute Gasteiger partial charge is 0.336 e. The first kappa shape index (κ1) is 21.9. The minimum atomic E-state index is -2.88. The van der Waals surface area contributed by atoms with E-state index in [2.05, 4.69) is 16.0 Å². The van der Waals surface area contributed by atoms with E-state index in [1.807, 2.05) is 47.4 Å². The van der Waals surface area contributed by atoms with Gasteiger partial charge in [0.05, 0.1) is 21.7 Å². The summed E-state index contributed by atoms with van der Waals surface area (Å²) >= 11 is 3.42. The zero-order chi connectivity index (χ0) is 22.1. The van der Waals surface area contributed by atoms with Crippen LogP contribution in [0.3, 0.4) is 0 Å².